The number of benzene rings is 1. The van der Waals surface area contributed by atoms with Crippen LogP contribution in [0.3, 0.4) is 0 Å². The van der Waals surface area contributed by atoms with Gasteiger partial charge in [0.15, 0.2) is 0 Å². The summed E-state index contributed by atoms with van der Waals surface area (Å²) in [5, 5.41) is 7.01. The number of aromatic nitrogens is 2. The van der Waals surface area contributed by atoms with Crippen LogP contribution in [0.25, 0.3) is 0 Å². The van der Waals surface area contributed by atoms with Crippen molar-refractivity contribution in [2.24, 2.45) is 0 Å². The minimum absolute atomic E-state index is 0.162. The predicted molar refractivity (Wildman–Crippen MR) is 82.6 cm³/mol. The van der Waals surface area contributed by atoms with Gasteiger partial charge in [-0.15, -0.1) is 0 Å². The van der Waals surface area contributed by atoms with Crippen molar-refractivity contribution in [2.75, 3.05) is 17.7 Å². The molecule has 0 saturated heterocycles. The normalized spacial score (nSPS) is 10.7. The van der Waals surface area contributed by atoms with Gasteiger partial charge in [-0.2, -0.15) is 5.10 Å². The van der Waals surface area contributed by atoms with Gasteiger partial charge in [-0.3, -0.25) is 4.79 Å². The summed E-state index contributed by atoms with van der Waals surface area (Å²) in [7, 11) is 0. The molecule has 0 spiro atoms. The van der Waals surface area contributed by atoms with Crippen LogP contribution < -0.4 is 15.8 Å². The van der Waals surface area contributed by atoms with Crippen LogP contribution in [0.4, 0.5) is 11.5 Å². The second-order valence-electron chi connectivity index (χ2n) is 4.93. The van der Waals surface area contributed by atoms with E-state index in [4.69, 9.17) is 10.5 Å². The second-order valence-corrected chi connectivity index (χ2v) is 4.93. The van der Waals surface area contributed by atoms with Crippen LogP contribution in [0.1, 0.15) is 37.2 Å². The maximum absolute atomic E-state index is 12.3. The molecule has 3 N–H and O–H groups in total. The number of carbonyl (C=O) groups is 1. The number of hydrogen-bond acceptors (Lipinski definition) is 4. The van der Waals surface area contributed by atoms with Crippen molar-refractivity contribution in [1.82, 2.24) is 9.78 Å². The van der Waals surface area contributed by atoms with Crippen molar-refractivity contribution >= 4 is 17.4 Å². The molecular weight excluding hydrogens is 268 g/mol. The largest absolute Gasteiger partial charge is 0.494 e. The summed E-state index contributed by atoms with van der Waals surface area (Å²) in [5.41, 5.74) is 6.74. The Kier molecular flexibility index (Phi) is 4.47. The van der Waals surface area contributed by atoms with E-state index in [2.05, 4.69) is 10.4 Å². The second kappa shape index (κ2) is 6.30. The molecule has 6 heteroatoms. The van der Waals surface area contributed by atoms with Crippen LogP contribution in [0.15, 0.2) is 30.5 Å². The topological polar surface area (TPSA) is 82.2 Å². The Morgan fingerprint density at radius 1 is 1.43 bits per heavy atom. The average molecular weight is 288 g/mol. The number of amides is 1. The highest BCUT2D eigenvalue weighted by molar-refractivity contribution is 6.04. The van der Waals surface area contributed by atoms with Gasteiger partial charge in [0.25, 0.3) is 5.91 Å². The first-order valence-corrected chi connectivity index (χ1v) is 6.89. The Balaban J connectivity index is 2.22. The Bertz CT molecular complexity index is 634. The maximum Gasteiger partial charge on any atom is 0.257 e. The molecule has 2 rings (SSSR count). The van der Waals surface area contributed by atoms with Gasteiger partial charge in [0.1, 0.15) is 11.6 Å². The molecule has 6 nitrogen and oxygen atoms in total. The summed E-state index contributed by atoms with van der Waals surface area (Å²) in [6.07, 6.45) is 1.65. The van der Waals surface area contributed by atoms with Gasteiger partial charge in [0, 0.05) is 29.4 Å². The molecular formula is C15H20N4O2. The van der Waals surface area contributed by atoms with Crippen LogP contribution in [-0.2, 0) is 0 Å². The Morgan fingerprint density at radius 2 is 2.19 bits per heavy atom. The lowest BCUT2D eigenvalue weighted by Gasteiger charge is -2.12. The van der Waals surface area contributed by atoms with Gasteiger partial charge in [-0.1, -0.05) is 0 Å². The first kappa shape index (κ1) is 14.9. The third-order valence-corrected chi connectivity index (χ3v) is 2.90. The van der Waals surface area contributed by atoms with Crippen molar-refractivity contribution in [2.45, 2.75) is 26.8 Å². The van der Waals surface area contributed by atoms with Crippen molar-refractivity contribution in [3.05, 3.63) is 36.0 Å². The standard InChI is InChI=1S/C15H20N4O2/c1-4-21-13-8-11(7-12(16)9-13)15(20)18-14-5-6-17-19(14)10(2)3/h5-10H,4,16H2,1-3H3,(H,18,20). The van der Waals surface area contributed by atoms with E-state index in [9.17, 15) is 4.79 Å². The Labute approximate surface area is 123 Å². The van der Waals surface area contributed by atoms with E-state index in [1.807, 2.05) is 20.8 Å². The molecule has 0 radical (unpaired) electrons. The van der Waals surface area contributed by atoms with Gasteiger partial charge < -0.3 is 15.8 Å². The van der Waals surface area contributed by atoms with Gasteiger partial charge in [-0.25, -0.2) is 4.68 Å². The molecule has 2 aromatic rings. The number of nitrogens with one attached hydrogen (secondary N) is 1. The zero-order valence-electron chi connectivity index (χ0n) is 12.5. The number of carbonyl (C=O) groups excluding carboxylic acids is 1. The zero-order valence-corrected chi connectivity index (χ0v) is 12.5. The predicted octanol–water partition coefficient (Wildman–Crippen LogP) is 2.70. The van der Waals surface area contributed by atoms with E-state index in [0.29, 0.717) is 29.4 Å². The van der Waals surface area contributed by atoms with Crippen LogP contribution in [0.5, 0.6) is 5.75 Å². The van der Waals surface area contributed by atoms with Crippen LogP contribution in [0.2, 0.25) is 0 Å². The number of hydrogen-bond donors (Lipinski definition) is 2. The summed E-state index contributed by atoms with van der Waals surface area (Å²) in [4.78, 5) is 12.3. The first-order chi connectivity index (χ1) is 10.0. The fourth-order valence-corrected chi connectivity index (χ4v) is 2.02. The SMILES string of the molecule is CCOc1cc(N)cc(C(=O)Nc2ccnn2C(C)C)c1. The minimum atomic E-state index is -0.245. The third-order valence-electron chi connectivity index (χ3n) is 2.90. The number of rotatable bonds is 5. The molecule has 0 saturated carbocycles. The quantitative estimate of drug-likeness (QED) is 0.829. The van der Waals surface area contributed by atoms with Crippen LogP contribution in [0, 0.1) is 0 Å². The average Bonchev–Trinajstić information content (AvgIpc) is 2.86. The molecule has 1 heterocycles. The number of nitrogens with two attached hydrogens (primary N) is 1. The fraction of sp³-hybridized carbons (Fsp3) is 0.333. The first-order valence-electron chi connectivity index (χ1n) is 6.89. The molecule has 0 aliphatic rings. The minimum Gasteiger partial charge on any atom is -0.494 e. The molecule has 0 aliphatic heterocycles. The van der Waals surface area contributed by atoms with Gasteiger partial charge >= 0.3 is 0 Å². The number of nitrogens with zero attached hydrogens (tertiary/aromatic N) is 2. The van der Waals surface area contributed by atoms with E-state index in [1.165, 1.54) is 0 Å². The van der Waals surface area contributed by atoms with Crippen LogP contribution in [-0.4, -0.2) is 22.3 Å². The molecule has 1 aromatic heterocycles. The monoisotopic (exact) mass is 288 g/mol. The molecule has 0 fully saturated rings. The molecule has 0 atom stereocenters. The van der Waals surface area contributed by atoms with Gasteiger partial charge in [-0.05, 0) is 32.9 Å². The number of anilines is 2. The van der Waals surface area contributed by atoms with E-state index in [1.54, 1.807) is 35.1 Å². The molecule has 0 bridgehead atoms. The van der Waals surface area contributed by atoms with Crippen molar-refractivity contribution in [3.63, 3.8) is 0 Å². The highest BCUT2D eigenvalue weighted by Crippen LogP contribution is 2.20. The van der Waals surface area contributed by atoms with E-state index in [-0.39, 0.29) is 11.9 Å². The van der Waals surface area contributed by atoms with E-state index in [0.717, 1.165) is 0 Å². The third kappa shape index (κ3) is 3.53. The highest BCUT2D eigenvalue weighted by atomic mass is 16.5. The lowest BCUT2D eigenvalue weighted by molar-refractivity contribution is 0.102. The smallest absolute Gasteiger partial charge is 0.257 e. The molecule has 0 unspecified atom stereocenters. The fourth-order valence-electron chi connectivity index (χ4n) is 2.02. The van der Waals surface area contributed by atoms with E-state index >= 15 is 0 Å². The Hall–Kier alpha value is -2.50. The summed E-state index contributed by atoms with van der Waals surface area (Å²) in [5.74, 6) is 0.987. The molecule has 1 aromatic carbocycles. The van der Waals surface area contributed by atoms with Crippen molar-refractivity contribution in [3.8, 4) is 5.75 Å². The summed E-state index contributed by atoms with van der Waals surface area (Å²) in [6.45, 7) is 6.39. The summed E-state index contributed by atoms with van der Waals surface area (Å²) < 4.78 is 7.14. The zero-order chi connectivity index (χ0) is 15.4. The van der Waals surface area contributed by atoms with Gasteiger partial charge in [0.05, 0.1) is 12.8 Å². The molecule has 21 heavy (non-hydrogen) atoms. The van der Waals surface area contributed by atoms with Crippen molar-refractivity contribution < 1.29 is 9.53 Å². The van der Waals surface area contributed by atoms with Crippen LogP contribution >= 0.6 is 0 Å². The molecule has 112 valence electrons. The highest BCUT2D eigenvalue weighted by Gasteiger charge is 2.12. The lowest BCUT2D eigenvalue weighted by Crippen LogP contribution is -2.17. The molecule has 0 aliphatic carbocycles. The summed E-state index contributed by atoms with van der Waals surface area (Å²) >= 11 is 0. The van der Waals surface area contributed by atoms with Gasteiger partial charge in [0.2, 0.25) is 0 Å². The maximum atomic E-state index is 12.3. The Morgan fingerprint density at radius 3 is 2.86 bits per heavy atom. The summed E-state index contributed by atoms with van der Waals surface area (Å²) in [6, 6.07) is 6.90. The number of nitrogen functional groups attached to an aromatic ring is 1. The number of ether oxygens (including phenoxy) is 1. The lowest BCUT2D eigenvalue weighted by atomic mass is 10.1. The van der Waals surface area contributed by atoms with Crippen molar-refractivity contribution in [1.29, 1.82) is 0 Å². The van der Waals surface area contributed by atoms with E-state index < -0.39 is 0 Å². The molecule has 1 amide bonds.